The quantitative estimate of drug-likeness (QED) is 0.177. The molecule has 11 heteroatoms. The fourth-order valence-corrected chi connectivity index (χ4v) is 7.15. The van der Waals surface area contributed by atoms with Gasteiger partial charge in [0, 0.05) is 9.99 Å². The van der Waals surface area contributed by atoms with Crippen LogP contribution >= 0.6 is 22.6 Å². The number of hydrogen-bond donors (Lipinski definition) is 1. The second-order valence-electron chi connectivity index (χ2n) is 14.3. The van der Waals surface area contributed by atoms with Gasteiger partial charge in [0.15, 0.2) is 33.6 Å². The number of anilines is 1. The van der Waals surface area contributed by atoms with Gasteiger partial charge >= 0.3 is 0 Å². The number of fused-ring (bicyclic) bond motifs is 1. The number of halogens is 1. The predicted octanol–water partition coefficient (Wildman–Crippen LogP) is 8.30. The summed E-state index contributed by atoms with van der Waals surface area (Å²) in [5.41, 5.74) is 2.67. The van der Waals surface area contributed by atoms with Crippen molar-refractivity contribution in [2.45, 2.75) is 116 Å². The Kier molecular flexibility index (Phi) is 9.48. The Bertz CT molecular complexity index is 1330. The van der Waals surface area contributed by atoms with Crippen LogP contribution in [-0.4, -0.2) is 55.0 Å². The number of aromatic nitrogens is 4. The highest BCUT2D eigenvalue weighted by Gasteiger charge is 2.47. The Morgan fingerprint density at radius 3 is 2.24 bits per heavy atom. The standard InChI is InChI=1S/C30H48IN5O3Si2/c1-20(21-12-14-22(31)15-13-21)35-27-26-28(33-18-32-27)36(19-34-26)25-16-23(39-41(10,11)30(5,6)7)24(38-25)17-37-40(8,9)29(2,3)4/h12-15,18-20,23-25H,16-17H2,1-11H3,(H,32,33,35)/t20?,23-,24+,25+/m0/s1. The molecule has 1 aliphatic rings. The van der Waals surface area contributed by atoms with Crippen molar-refractivity contribution in [3.05, 3.63) is 46.1 Å². The van der Waals surface area contributed by atoms with E-state index in [0.29, 0.717) is 12.4 Å². The number of imidazole rings is 1. The van der Waals surface area contributed by atoms with Gasteiger partial charge in [0.05, 0.1) is 25.1 Å². The molecule has 1 aliphatic heterocycles. The van der Waals surface area contributed by atoms with Crippen molar-refractivity contribution in [3.63, 3.8) is 0 Å². The van der Waals surface area contributed by atoms with E-state index < -0.39 is 16.6 Å². The van der Waals surface area contributed by atoms with E-state index in [0.717, 1.165) is 17.6 Å². The monoisotopic (exact) mass is 709 g/mol. The third-order valence-electron chi connectivity index (χ3n) is 9.24. The van der Waals surface area contributed by atoms with E-state index in [9.17, 15) is 0 Å². The van der Waals surface area contributed by atoms with E-state index in [1.165, 1.54) is 9.13 Å². The molecule has 0 amide bonds. The Morgan fingerprint density at radius 2 is 1.63 bits per heavy atom. The van der Waals surface area contributed by atoms with Gasteiger partial charge in [-0.1, -0.05) is 53.7 Å². The molecule has 1 saturated heterocycles. The van der Waals surface area contributed by atoms with E-state index in [1.807, 2.05) is 10.9 Å². The Labute approximate surface area is 261 Å². The second-order valence-corrected chi connectivity index (χ2v) is 25.1. The van der Waals surface area contributed by atoms with Gasteiger partial charge in [-0.3, -0.25) is 4.57 Å². The number of nitrogens with zero attached hydrogens (tertiary/aromatic N) is 4. The van der Waals surface area contributed by atoms with Gasteiger partial charge in [-0.05, 0) is 83.5 Å². The lowest BCUT2D eigenvalue weighted by Crippen LogP contribution is -2.48. The average molecular weight is 710 g/mol. The van der Waals surface area contributed by atoms with Crippen LogP contribution in [-0.2, 0) is 13.6 Å². The zero-order chi connectivity index (χ0) is 30.4. The molecule has 4 atom stereocenters. The van der Waals surface area contributed by atoms with Crippen molar-refractivity contribution < 1.29 is 13.6 Å². The maximum atomic E-state index is 6.97. The number of rotatable bonds is 9. The molecular weight excluding hydrogens is 661 g/mol. The fraction of sp³-hybridized carbons (Fsp3) is 0.633. The lowest BCUT2D eigenvalue weighted by atomic mass is 10.1. The molecule has 0 saturated carbocycles. The summed E-state index contributed by atoms with van der Waals surface area (Å²) in [6.45, 7) is 25.5. The highest BCUT2D eigenvalue weighted by molar-refractivity contribution is 14.1. The molecule has 41 heavy (non-hydrogen) atoms. The Morgan fingerprint density at radius 1 is 1.00 bits per heavy atom. The van der Waals surface area contributed by atoms with Gasteiger partial charge in [-0.15, -0.1) is 0 Å². The summed E-state index contributed by atoms with van der Waals surface area (Å²) in [6.07, 6.45) is 3.66. The molecule has 0 radical (unpaired) electrons. The summed E-state index contributed by atoms with van der Waals surface area (Å²) >= 11 is 2.32. The normalized spacial score (nSPS) is 21.4. The molecule has 226 valence electrons. The van der Waals surface area contributed by atoms with E-state index >= 15 is 0 Å². The zero-order valence-corrected chi connectivity index (χ0v) is 30.7. The summed E-state index contributed by atoms with van der Waals surface area (Å²) < 4.78 is 23.6. The SMILES string of the molecule is CC(Nc1ncnc2c1ncn2[C@H]1C[C@H](O[Si](C)(C)C(C)(C)C)[C@@H](CO[Si](C)(C)C(C)(C)C)O1)c1ccc(I)cc1. The molecule has 1 unspecified atom stereocenters. The minimum absolute atomic E-state index is 0.0663. The summed E-state index contributed by atoms with van der Waals surface area (Å²) in [4.78, 5) is 13.9. The first-order valence-electron chi connectivity index (χ1n) is 14.6. The van der Waals surface area contributed by atoms with Crippen LogP contribution in [0.3, 0.4) is 0 Å². The first kappa shape index (κ1) is 32.5. The van der Waals surface area contributed by atoms with Gasteiger partial charge in [-0.25, -0.2) is 15.0 Å². The van der Waals surface area contributed by atoms with Crippen LogP contribution in [0.25, 0.3) is 11.2 Å². The van der Waals surface area contributed by atoms with Crippen LogP contribution in [0.2, 0.25) is 36.3 Å². The first-order chi connectivity index (χ1) is 18.9. The fourth-order valence-electron chi connectivity index (χ4n) is 4.42. The van der Waals surface area contributed by atoms with E-state index in [-0.39, 0.29) is 34.6 Å². The molecule has 0 bridgehead atoms. The molecule has 1 fully saturated rings. The summed E-state index contributed by atoms with van der Waals surface area (Å²) in [7, 11) is -4.00. The maximum Gasteiger partial charge on any atom is 0.192 e. The third-order valence-corrected chi connectivity index (χ3v) is 19.0. The topological polar surface area (TPSA) is 83.3 Å². The minimum Gasteiger partial charge on any atom is -0.414 e. The number of hydrogen-bond acceptors (Lipinski definition) is 7. The molecule has 0 spiro atoms. The lowest BCUT2D eigenvalue weighted by Gasteiger charge is -2.40. The van der Waals surface area contributed by atoms with Gasteiger partial charge < -0.3 is 18.9 Å². The summed E-state index contributed by atoms with van der Waals surface area (Å²) in [5.74, 6) is 0.713. The van der Waals surface area contributed by atoms with Gasteiger partial charge in [0.25, 0.3) is 0 Å². The summed E-state index contributed by atoms with van der Waals surface area (Å²) in [6, 6.07) is 8.57. The van der Waals surface area contributed by atoms with Crippen LogP contribution in [0, 0.1) is 3.57 Å². The number of benzene rings is 1. The van der Waals surface area contributed by atoms with E-state index in [1.54, 1.807) is 6.33 Å². The van der Waals surface area contributed by atoms with Crippen molar-refractivity contribution >= 4 is 56.2 Å². The molecule has 1 N–H and O–H groups in total. The molecular formula is C30H48IN5O3Si2. The van der Waals surface area contributed by atoms with Gasteiger partial charge in [0.1, 0.15) is 18.7 Å². The predicted molar refractivity (Wildman–Crippen MR) is 180 cm³/mol. The lowest BCUT2D eigenvalue weighted by molar-refractivity contribution is -0.0383. The Balaban J connectivity index is 1.59. The van der Waals surface area contributed by atoms with Crippen molar-refractivity contribution in [1.29, 1.82) is 0 Å². The highest BCUT2D eigenvalue weighted by Crippen LogP contribution is 2.43. The van der Waals surface area contributed by atoms with Crippen molar-refractivity contribution in [2.75, 3.05) is 11.9 Å². The van der Waals surface area contributed by atoms with Crippen LogP contribution in [0.15, 0.2) is 36.9 Å². The maximum absolute atomic E-state index is 6.97. The number of ether oxygens (including phenoxy) is 1. The average Bonchev–Trinajstić information content (AvgIpc) is 3.46. The van der Waals surface area contributed by atoms with E-state index in [4.69, 9.17) is 18.6 Å². The first-order valence-corrected chi connectivity index (χ1v) is 21.5. The molecule has 8 nitrogen and oxygen atoms in total. The minimum atomic E-state index is -2.04. The van der Waals surface area contributed by atoms with Gasteiger partial charge in [0.2, 0.25) is 0 Å². The molecule has 1 aromatic carbocycles. The zero-order valence-electron chi connectivity index (χ0n) is 26.6. The molecule has 4 rings (SSSR count). The molecule has 0 aliphatic carbocycles. The van der Waals surface area contributed by atoms with Crippen LogP contribution in [0.5, 0.6) is 0 Å². The highest BCUT2D eigenvalue weighted by atomic mass is 127. The Hall–Kier alpha value is -1.39. The largest absolute Gasteiger partial charge is 0.414 e. The molecule has 2 aromatic heterocycles. The van der Waals surface area contributed by atoms with E-state index in [2.05, 4.69) is 137 Å². The van der Waals surface area contributed by atoms with Crippen LogP contribution in [0.1, 0.15) is 72.7 Å². The van der Waals surface area contributed by atoms with Crippen LogP contribution in [0.4, 0.5) is 5.82 Å². The van der Waals surface area contributed by atoms with Crippen molar-refractivity contribution in [3.8, 4) is 0 Å². The number of nitrogens with one attached hydrogen (secondary N) is 1. The third kappa shape index (κ3) is 7.23. The summed E-state index contributed by atoms with van der Waals surface area (Å²) in [5, 5.41) is 3.75. The van der Waals surface area contributed by atoms with Crippen LogP contribution < -0.4 is 5.32 Å². The smallest absolute Gasteiger partial charge is 0.192 e. The molecule has 3 aromatic rings. The van der Waals surface area contributed by atoms with Crippen molar-refractivity contribution in [1.82, 2.24) is 19.5 Å². The second kappa shape index (κ2) is 11.9. The molecule has 3 heterocycles. The van der Waals surface area contributed by atoms with Crippen molar-refractivity contribution in [2.24, 2.45) is 0 Å². The van der Waals surface area contributed by atoms with Gasteiger partial charge in [-0.2, -0.15) is 0 Å².